The zero-order valence-electron chi connectivity index (χ0n) is 15.9. The van der Waals surface area contributed by atoms with Crippen molar-refractivity contribution in [2.24, 2.45) is 0 Å². The summed E-state index contributed by atoms with van der Waals surface area (Å²) in [4.78, 5) is 18.4. The minimum absolute atomic E-state index is 0.00546. The van der Waals surface area contributed by atoms with Crippen LogP contribution in [0.4, 0.5) is 23.7 Å². The van der Waals surface area contributed by atoms with E-state index in [-0.39, 0.29) is 28.7 Å². The third-order valence-corrected chi connectivity index (χ3v) is 4.82. The summed E-state index contributed by atoms with van der Waals surface area (Å²) in [5.41, 5.74) is 0.262. The number of anilines is 1. The first-order valence-corrected chi connectivity index (χ1v) is 9.16. The van der Waals surface area contributed by atoms with Crippen LogP contribution < -0.4 is 10.1 Å². The van der Waals surface area contributed by atoms with Crippen LogP contribution in [0, 0.1) is 17.5 Å². The van der Waals surface area contributed by atoms with Crippen molar-refractivity contribution >= 4 is 11.7 Å². The Morgan fingerprint density at radius 3 is 2.77 bits per heavy atom. The number of urea groups is 1. The topological polar surface area (TPSA) is 80.5 Å². The zero-order valence-corrected chi connectivity index (χ0v) is 15.9. The van der Waals surface area contributed by atoms with Crippen molar-refractivity contribution in [2.75, 3.05) is 19.0 Å². The SMILES string of the molecule is COc1ccc(NC(=O)N2CCC[C@@H]2c2nc(-c3ccc(F)cc3F)no2)cc1F. The summed E-state index contributed by atoms with van der Waals surface area (Å²) in [7, 11) is 1.35. The van der Waals surface area contributed by atoms with Gasteiger partial charge in [-0.2, -0.15) is 4.98 Å². The van der Waals surface area contributed by atoms with Gasteiger partial charge in [-0.15, -0.1) is 0 Å². The van der Waals surface area contributed by atoms with Crippen molar-refractivity contribution in [1.29, 1.82) is 0 Å². The highest BCUT2D eigenvalue weighted by molar-refractivity contribution is 5.89. The van der Waals surface area contributed by atoms with Gasteiger partial charge >= 0.3 is 6.03 Å². The Labute approximate surface area is 169 Å². The number of halogens is 3. The third-order valence-electron chi connectivity index (χ3n) is 4.82. The van der Waals surface area contributed by atoms with E-state index in [1.807, 2.05) is 0 Å². The fraction of sp³-hybridized carbons (Fsp3) is 0.250. The van der Waals surface area contributed by atoms with Crippen molar-refractivity contribution < 1.29 is 27.2 Å². The van der Waals surface area contributed by atoms with Gasteiger partial charge in [-0.05, 0) is 37.1 Å². The molecule has 2 heterocycles. The Balaban J connectivity index is 1.52. The molecule has 4 rings (SSSR count). The first-order chi connectivity index (χ1) is 14.5. The Hall–Kier alpha value is -3.56. The molecule has 2 amide bonds. The molecular weight excluding hydrogens is 401 g/mol. The number of benzene rings is 2. The monoisotopic (exact) mass is 418 g/mol. The second kappa shape index (κ2) is 8.05. The van der Waals surface area contributed by atoms with Crippen molar-refractivity contribution in [3.8, 4) is 17.1 Å². The van der Waals surface area contributed by atoms with Gasteiger partial charge in [0.15, 0.2) is 11.6 Å². The van der Waals surface area contributed by atoms with Gasteiger partial charge in [0.2, 0.25) is 11.7 Å². The molecule has 0 aliphatic carbocycles. The average molecular weight is 418 g/mol. The molecule has 30 heavy (non-hydrogen) atoms. The van der Waals surface area contributed by atoms with Crippen molar-refractivity contribution in [3.63, 3.8) is 0 Å². The lowest BCUT2D eigenvalue weighted by molar-refractivity contribution is 0.193. The fourth-order valence-electron chi connectivity index (χ4n) is 3.36. The van der Waals surface area contributed by atoms with E-state index in [9.17, 15) is 18.0 Å². The fourth-order valence-corrected chi connectivity index (χ4v) is 3.36. The summed E-state index contributed by atoms with van der Waals surface area (Å²) in [5, 5.41) is 6.39. The third kappa shape index (κ3) is 3.80. The van der Waals surface area contributed by atoms with Crippen molar-refractivity contribution in [2.45, 2.75) is 18.9 Å². The van der Waals surface area contributed by atoms with Crippen LogP contribution in [0.2, 0.25) is 0 Å². The molecule has 1 aromatic heterocycles. The molecule has 1 fully saturated rings. The summed E-state index contributed by atoms with van der Waals surface area (Å²) in [6.07, 6.45) is 1.26. The first kappa shape index (κ1) is 19.7. The number of hydrogen-bond donors (Lipinski definition) is 1. The standard InChI is InChI=1S/C20H17F3N4O3/c1-29-17-7-5-12(10-15(17)23)24-20(28)27-8-2-3-16(27)19-25-18(26-30-19)13-6-4-11(21)9-14(13)22/h4-7,9-10,16H,2-3,8H2,1H3,(H,24,28)/t16-/m1/s1. The number of ether oxygens (including phenoxy) is 1. The lowest BCUT2D eigenvalue weighted by Crippen LogP contribution is -2.34. The molecule has 2 aromatic carbocycles. The number of rotatable bonds is 4. The minimum Gasteiger partial charge on any atom is -0.494 e. The Morgan fingerprint density at radius 1 is 1.20 bits per heavy atom. The zero-order chi connectivity index (χ0) is 21.3. The number of nitrogens with one attached hydrogen (secondary N) is 1. The highest BCUT2D eigenvalue weighted by Crippen LogP contribution is 2.33. The molecule has 1 aliphatic rings. The summed E-state index contributed by atoms with van der Waals surface area (Å²) >= 11 is 0. The van der Waals surface area contributed by atoms with Gasteiger partial charge in [-0.25, -0.2) is 18.0 Å². The second-order valence-electron chi connectivity index (χ2n) is 6.71. The summed E-state index contributed by atoms with van der Waals surface area (Å²) < 4.78 is 51.1. The van der Waals surface area contributed by atoms with Gasteiger partial charge in [0, 0.05) is 24.4 Å². The number of carbonyl (C=O) groups excluding carboxylic acids is 1. The molecule has 10 heteroatoms. The highest BCUT2D eigenvalue weighted by Gasteiger charge is 2.34. The molecular formula is C20H17F3N4O3. The van der Waals surface area contributed by atoms with Crippen LogP contribution in [0.5, 0.6) is 5.75 Å². The molecule has 1 saturated heterocycles. The first-order valence-electron chi connectivity index (χ1n) is 9.16. The van der Waals surface area contributed by atoms with Crippen LogP contribution >= 0.6 is 0 Å². The average Bonchev–Trinajstić information content (AvgIpc) is 3.37. The van der Waals surface area contributed by atoms with Crippen molar-refractivity contribution in [1.82, 2.24) is 15.0 Å². The van der Waals surface area contributed by atoms with Crippen LogP contribution in [0.3, 0.4) is 0 Å². The van der Waals surface area contributed by atoms with Gasteiger partial charge in [-0.3, -0.25) is 0 Å². The Bertz CT molecular complexity index is 1090. The van der Waals surface area contributed by atoms with E-state index < -0.39 is 29.5 Å². The Kier molecular flexibility index (Phi) is 5.30. The number of methoxy groups -OCH3 is 1. The summed E-state index contributed by atoms with van der Waals surface area (Å²) in [5.74, 6) is -1.96. The molecule has 3 aromatic rings. The maximum Gasteiger partial charge on any atom is 0.322 e. The number of amides is 2. The maximum absolute atomic E-state index is 14.0. The molecule has 1 atom stereocenters. The molecule has 0 spiro atoms. The molecule has 1 N–H and O–H groups in total. The number of nitrogens with zero attached hydrogens (tertiary/aromatic N) is 3. The molecule has 0 unspecified atom stereocenters. The van der Waals surface area contributed by atoms with E-state index in [0.29, 0.717) is 19.4 Å². The molecule has 1 aliphatic heterocycles. The van der Waals surface area contributed by atoms with E-state index >= 15 is 0 Å². The summed E-state index contributed by atoms with van der Waals surface area (Å²) in [6, 6.07) is 6.15. The van der Waals surface area contributed by atoms with E-state index in [0.717, 1.165) is 18.2 Å². The molecule has 7 nitrogen and oxygen atoms in total. The lowest BCUT2D eigenvalue weighted by atomic mass is 10.2. The number of hydrogen-bond acceptors (Lipinski definition) is 5. The smallest absolute Gasteiger partial charge is 0.322 e. The van der Waals surface area contributed by atoms with E-state index in [2.05, 4.69) is 15.5 Å². The van der Waals surface area contributed by atoms with Crippen LogP contribution in [-0.4, -0.2) is 34.7 Å². The quantitative estimate of drug-likeness (QED) is 0.673. The van der Waals surface area contributed by atoms with E-state index in [1.54, 1.807) is 0 Å². The molecule has 0 bridgehead atoms. The van der Waals surface area contributed by atoms with Gasteiger partial charge < -0.3 is 19.5 Å². The maximum atomic E-state index is 14.0. The predicted octanol–water partition coefficient (Wildman–Crippen LogP) is 4.53. The van der Waals surface area contributed by atoms with Gasteiger partial charge in [-0.1, -0.05) is 5.16 Å². The molecule has 0 saturated carbocycles. The van der Waals surface area contributed by atoms with Crippen LogP contribution in [0.15, 0.2) is 40.9 Å². The van der Waals surface area contributed by atoms with Gasteiger partial charge in [0.25, 0.3) is 0 Å². The van der Waals surface area contributed by atoms with E-state index in [1.165, 1.54) is 30.2 Å². The molecule has 156 valence electrons. The normalized spacial score (nSPS) is 16.0. The lowest BCUT2D eigenvalue weighted by Gasteiger charge is -2.22. The number of aromatic nitrogens is 2. The minimum atomic E-state index is -0.815. The predicted molar refractivity (Wildman–Crippen MR) is 100 cm³/mol. The van der Waals surface area contributed by atoms with Crippen molar-refractivity contribution in [3.05, 3.63) is 59.7 Å². The Morgan fingerprint density at radius 2 is 2.03 bits per heavy atom. The second-order valence-corrected chi connectivity index (χ2v) is 6.71. The van der Waals surface area contributed by atoms with Gasteiger partial charge in [0.1, 0.15) is 17.7 Å². The van der Waals surface area contributed by atoms with Crippen LogP contribution in [0.25, 0.3) is 11.4 Å². The number of likely N-dealkylation sites (tertiary alicyclic amines) is 1. The summed E-state index contributed by atoms with van der Waals surface area (Å²) in [6.45, 7) is 0.428. The van der Waals surface area contributed by atoms with Crippen LogP contribution in [-0.2, 0) is 0 Å². The van der Waals surface area contributed by atoms with Gasteiger partial charge in [0.05, 0.1) is 12.7 Å². The molecule has 0 radical (unpaired) electrons. The number of carbonyl (C=O) groups is 1. The highest BCUT2D eigenvalue weighted by atomic mass is 19.1. The van der Waals surface area contributed by atoms with E-state index in [4.69, 9.17) is 9.26 Å². The van der Waals surface area contributed by atoms with Crippen LogP contribution in [0.1, 0.15) is 24.8 Å². The largest absolute Gasteiger partial charge is 0.494 e.